The fraction of sp³-hybridized carbons (Fsp3) is 0.105. The third-order valence-electron chi connectivity index (χ3n) is 3.54. The van der Waals surface area contributed by atoms with Crippen molar-refractivity contribution < 1.29 is 9.53 Å². The molecule has 1 aromatic heterocycles. The van der Waals surface area contributed by atoms with E-state index in [0.29, 0.717) is 16.5 Å². The second-order valence-electron chi connectivity index (χ2n) is 5.29. The molecule has 0 aliphatic carbocycles. The maximum Gasteiger partial charge on any atom is 0.265 e. The highest BCUT2D eigenvalue weighted by Crippen LogP contribution is 2.24. The van der Waals surface area contributed by atoms with Crippen molar-refractivity contribution in [3.63, 3.8) is 0 Å². The number of nitrogens with one attached hydrogen (secondary N) is 1. The molecule has 5 heteroatoms. The van der Waals surface area contributed by atoms with Gasteiger partial charge in [0, 0.05) is 16.3 Å². The molecule has 0 atom stereocenters. The quantitative estimate of drug-likeness (QED) is 0.650. The highest BCUT2D eigenvalue weighted by Gasteiger charge is 2.12. The number of ether oxygens (including phenoxy) is 1. The van der Waals surface area contributed by atoms with Crippen LogP contribution >= 0.6 is 22.9 Å². The molecule has 3 aromatic rings. The van der Waals surface area contributed by atoms with Crippen molar-refractivity contribution in [3.8, 4) is 5.75 Å². The van der Waals surface area contributed by atoms with Crippen molar-refractivity contribution in [1.29, 1.82) is 0 Å². The molecule has 1 amide bonds. The Morgan fingerprint density at radius 1 is 1.17 bits per heavy atom. The molecule has 24 heavy (non-hydrogen) atoms. The molecule has 0 spiro atoms. The lowest BCUT2D eigenvalue weighted by Crippen LogP contribution is -2.11. The summed E-state index contributed by atoms with van der Waals surface area (Å²) < 4.78 is 5.70. The van der Waals surface area contributed by atoms with E-state index in [-0.39, 0.29) is 5.91 Å². The molecule has 3 rings (SSSR count). The molecule has 0 saturated heterocycles. The Morgan fingerprint density at radius 2 is 1.96 bits per heavy atom. The third-order valence-corrected chi connectivity index (χ3v) is 4.93. The third kappa shape index (κ3) is 3.96. The summed E-state index contributed by atoms with van der Waals surface area (Å²) in [5.41, 5.74) is 2.55. The van der Waals surface area contributed by atoms with E-state index in [1.54, 1.807) is 6.07 Å². The second-order valence-corrected chi connectivity index (χ2v) is 6.61. The van der Waals surface area contributed by atoms with Crippen molar-refractivity contribution in [3.05, 3.63) is 81.0 Å². The van der Waals surface area contributed by atoms with Gasteiger partial charge in [0.15, 0.2) is 0 Å². The van der Waals surface area contributed by atoms with Gasteiger partial charge in [0.2, 0.25) is 0 Å². The number of benzene rings is 2. The first-order chi connectivity index (χ1) is 11.6. The molecule has 2 aromatic carbocycles. The van der Waals surface area contributed by atoms with Crippen LogP contribution in [0.3, 0.4) is 0 Å². The fourth-order valence-corrected chi connectivity index (χ4v) is 3.15. The molecule has 0 aliphatic rings. The van der Waals surface area contributed by atoms with Gasteiger partial charge in [-0.05, 0) is 48.2 Å². The van der Waals surface area contributed by atoms with Crippen LogP contribution in [-0.2, 0) is 6.61 Å². The molecule has 1 N–H and O–H groups in total. The Hall–Kier alpha value is -2.30. The highest BCUT2D eigenvalue weighted by molar-refractivity contribution is 7.12. The molecule has 1 heterocycles. The number of carbonyl (C=O) groups excluding carboxylic acids is 1. The average molecular weight is 358 g/mol. The Morgan fingerprint density at radius 3 is 2.75 bits per heavy atom. The van der Waals surface area contributed by atoms with Gasteiger partial charge >= 0.3 is 0 Å². The summed E-state index contributed by atoms with van der Waals surface area (Å²) in [5.74, 6) is 0.667. The number of hydrogen-bond donors (Lipinski definition) is 1. The predicted molar refractivity (Wildman–Crippen MR) is 99.2 cm³/mol. The molecule has 0 fully saturated rings. The van der Waals surface area contributed by atoms with Crippen molar-refractivity contribution in [2.45, 2.75) is 13.5 Å². The van der Waals surface area contributed by atoms with E-state index >= 15 is 0 Å². The molecule has 0 aliphatic heterocycles. The maximum atomic E-state index is 12.4. The maximum absolute atomic E-state index is 12.4. The lowest BCUT2D eigenvalue weighted by molar-refractivity contribution is 0.103. The summed E-state index contributed by atoms with van der Waals surface area (Å²) in [6, 6.07) is 16.9. The lowest BCUT2D eigenvalue weighted by atomic mass is 10.2. The van der Waals surface area contributed by atoms with Gasteiger partial charge in [0.1, 0.15) is 12.4 Å². The first-order valence-corrected chi connectivity index (χ1v) is 8.71. The summed E-state index contributed by atoms with van der Waals surface area (Å²) in [6.45, 7) is 2.31. The summed E-state index contributed by atoms with van der Waals surface area (Å²) in [5, 5.41) is 5.47. The van der Waals surface area contributed by atoms with Crippen LogP contribution in [0.2, 0.25) is 5.02 Å². The summed E-state index contributed by atoms with van der Waals surface area (Å²) in [7, 11) is 0. The Labute approximate surface area is 149 Å². The van der Waals surface area contributed by atoms with Gasteiger partial charge in [-0.15, -0.1) is 11.3 Å². The largest absolute Gasteiger partial charge is 0.489 e. The number of thiophene rings is 1. The Bertz CT molecular complexity index is 846. The number of para-hydroxylation sites is 1. The Balaban J connectivity index is 1.64. The molecule has 0 radical (unpaired) electrons. The lowest BCUT2D eigenvalue weighted by Gasteiger charge is -2.08. The van der Waals surface area contributed by atoms with Gasteiger partial charge in [-0.2, -0.15) is 0 Å². The van der Waals surface area contributed by atoms with Crippen LogP contribution < -0.4 is 10.1 Å². The SMILES string of the molecule is Cc1c(Cl)cccc1NC(=O)c1cc(COc2ccccc2)cs1. The van der Waals surface area contributed by atoms with Gasteiger partial charge < -0.3 is 10.1 Å². The van der Waals surface area contributed by atoms with Crippen LogP contribution in [0.5, 0.6) is 5.75 Å². The van der Waals surface area contributed by atoms with E-state index in [4.69, 9.17) is 16.3 Å². The van der Waals surface area contributed by atoms with E-state index < -0.39 is 0 Å². The minimum atomic E-state index is -0.142. The smallest absolute Gasteiger partial charge is 0.265 e. The number of anilines is 1. The topological polar surface area (TPSA) is 38.3 Å². The van der Waals surface area contributed by atoms with E-state index in [2.05, 4.69) is 5.32 Å². The zero-order chi connectivity index (χ0) is 16.9. The fourth-order valence-electron chi connectivity index (χ4n) is 2.18. The highest BCUT2D eigenvalue weighted by atomic mass is 35.5. The Kier molecular flexibility index (Phi) is 5.18. The normalized spacial score (nSPS) is 10.4. The van der Waals surface area contributed by atoms with Gasteiger partial charge in [-0.25, -0.2) is 0 Å². The van der Waals surface area contributed by atoms with Crippen LogP contribution in [0.1, 0.15) is 20.8 Å². The van der Waals surface area contributed by atoms with Crippen molar-refractivity contribution >= 4 is 34.5 Å². The minimum absolute atomic E-state index is 0.142. The monoisotopic (exact) mass is 357 g/mol. The van der Waals surface area contributed by atoms with Crippen LogP contribution in [0.4, 0.5) is 5.69 Å². The first kappa shape index (κ1) is 16.6. The first-order valence-electron chi connectivity index (χ1n) is 7.45. The van der Waals surface area contributed by atoms with Crippen molar-refractivity contribution in [2.24, 2.45) is 0 Å². The van der Waals surface area contributed by atoms with Crippen molar-refractivity contribution in [2.75, 3.05) is 5.32 Å². The number of halogens is 1. The van der Waals surface area contributed by atoms with Gasteiger partial charge in [0.05, 0.1) is 4.88 Å². The van der Waals surface area contributed by atoms with Crippen molar-refractivity contribution in [1.82, 2.24) is 0 Å². The average Bonchev–Trinajstić information content (AvgIpc) is 3.07. The van der Waals surface area contributed by atoms with Gasteiger partial charge in [-0.3, -0.25) is 4.79 Å². The predicted octanol–water partition coefficient (Wildman–Crippen LogP) is 5.54. The molecule has 3 nitrogen and oxygen atoms in total. The van der Waals surface area contributed by atoms with Crippen LogP contribution in [0, 0.1) is 6.92 Å². The van der Waals surface area contributed by atoms with E-state index in [1.807, 2.05) is 60.8 Å². The minimum Gasteiger partial charge on any atom is -0.489 e. The van der Waals surface area contributed by atoms with Crippen LogP contribution in [0.15, 0.2) is 60.0 Å². The summed E-state index contributed by atoms with van der Waals surface area (Å²) in [6.07, 6.45) is 0. The van der Waals surface area contributed by atoms with E-state index in [0.717, 1.165) is 22.6 Å². The van der Waals surface area contributed by atoms with Crippen LogP contribution in [-0.4, -0.2) is 5.91 Å². The molecule has 0 unspecified atom stereocenters. The van der Waals surface area contributed by atoms with Gasteiger partial charge in [0.25, 0.3) is 5.91 Å². The summed E-state index contributed by atoms with van der Waals surface area (Å²) in [4.78, 5) is 13.0. The summed E-state index contributed by atoms with van der Waals surface area (Å²) >= 11 is 7.48. The zero-order valence-corrected chi connectivity index (χ0v) is 14.7. The number of amides is 1. The zero-order valence-electron chi connectivity index (χ0n) is 13.1. The molecular formula is C19H16ClNO2S. The number of hydrogen-bond acceptors (Lipinski definition) is 3. The molecular weight excluding hydrogens is 342 g/mol. The molecule has 122 valence electrons. The van der Waals surface area contributed by atoms with E-state index in [9.17, 15) is 4.79 Å². The standard InChI is InChI=1S/C19H16ClNO2S/c1-13-16(20)8-5-9-17(13)21-19(22)18-10-14(12-24-18)11-23-15-6-3-2-4-7-15/h2-10,12H,11H2,1H3,(H,21,22). The van der Waals surface area contributed by atoms with Crippen LogP contribution in [0.25, 0.3) is 0 Å². The van der Waals surface area contributed by atoms with E-state index in [1.165, 1.54) is 11.3 Å². The number of rotatable bonds is 5. The second kappa shape index (κ2) is 7.51. The number of carbonyl (C=O) groups is 1. The van der Waals surface area contributed by atoms with Gasteiger partial charge in [-0.1, -0.05) is 35.9 Å². The molecule has 0 bridgehead atoms. The molecule has 0 saturated carbocycles.